The number of carboxylic acid groups (broad SMARTS) is 1. The normalized spacial score (nSPS) is 15.7. The van der Waals surface area contributed by atoms with Gasteiger partial charge < -0.3 is 9.29 Å². The number of aliphatic carboxylic acids is 1. The van der Waals surface area contributed by atoms with Gasteiger partial charge in [0.25, 0.3) is 0 Å². The molecule has 1 aliphatic heterocycles. The van der Waals surface area contributed by atoms with Gasteiger partial charge in [-0.05, 0) is 37.3 Å². The van der Waals surface area contributed by atoms with Crippen LogP contribution in [0.2, 0.25) is 5.02 Å². The molecule has 0 radical (unpaired) electrons. The van der Waals surface area contributed by atoms with Crippen molar-refractivity contribution in [1.29, 1.82) is 0 Å². The zero-order chi connectivity index (χ0) is 24.8. The van der Waals surface area contributed by atoms with Crippen LogP contribution in [0.5, 0.6) is 5.75 Å². The number of carbonyl (C=O) groups is 1. The van der Waals surface area contributed by atoms with Gasteiger partial charge in [-0.15, -0.1) is 10.2 Å². The maximum absolute atomic E-state index is 12.9. The van der Waals surface area contributed by atoms with E-state index in [0.29, 0.717) is 22.1 Å². The number of halogens is 4. The first kappa shape index (κ1) is 23.7. The van der Waals surface area contributed by atoms with E-state index in [2.05, 4.69) is 19.4 Å². The fraction of sp³-hybridized carbons (Fsp3) is 0.200. The first-order valence-electron chi connectivity index (χ1n) is 9.50. The number of nitrogens with zero attached hydrogens (tertiary/aromatic N) is 4. The van der Waals surface area contributed by atoms with Gasteiger partial charge >= 0.3 is 21.6 Å². The molecule has 1 N–H and O–H groups in total. The summed E-state index contributed by atoms with van der Waals surface area (Å²) in [7, 11) is -5.93. The van der Waals surface area contributed by atoms with Crippen molar-refractivity contribution >= 4 is 33.4 Å². The Balaban J connectivity index is 1.97. The van der Waals surface area contributed by atoms with Crippen molar-refractivity contribution in [3.63, 3.8) is 0 Å². The van der Waals surface area contributed by atoms with Crippen LogP contribution >= 0.6 is 11.6 Å². The minimum absolute atomic E-state index is 0.175. The molecule has 3 aromatic rings. The zero-order valence-electron chi connectivity index (χ0n) is 17.1. The fourth-order valence-corrected chi connectivity index (χ4v) is 4.02. The molecular formula is C20H14ClF3N4O5S. The first-order valence-corrected chi connectivity index (χ1v) is 11.3. The second-order valence-electron chi connectivity index (χ2n) is 7.20. The van der Waals surface area contributed by atoms with E-state index in [1.165, 1.54) is 10.6 Å². The minimum atomic E-state index is -5.93. The van der Waals surface area contributed by atoms with Crippen LogP contribution in [-0.4, -0.2) is 45.5 Å². The predicted molar refractivity (Wildman–Crippen MR) is 114 cm³/mol. The van der Waals surface area contributed by atoms with E-state index in [1.807, 2.05) is 0 Å². The quantitative estimate of drug-likeness (QED) is 0.405. The van der Waals surface area contributed by atoms with Gasteiger partial charge in [-0.25, -0.2) is 0 Å². The van der Waals surface area contributed by atoms with Crippen LogP contribution < -0.4 is 4.18 Å². The molecule has 1 atom stereocenters. The molecule has 0 spiro atoms. The van der Waals surface area contributed by atoms with E-state index in [-0.39, 0.29) is 17.1 Å². The molecule has 9 nitrogen and oxygen atoms in total. The highest BCUT2D eigenvalue weighted by Crippen LogP contribution is 2.35. The number of aliphatic imine (C=N–C) groups is 1. The van der Waals surface area contributed by atoms with Crippen LogP contribution in [0, 0.1) is 6.92 Å². The number of carboxylic acids is 1. The van der Waals surface area contributed by atoms with Crippen LogP contribution in [0.1, 0.15) is 35.2 Å². The minimum Gasteiger partial charge on any atom is -0.481 e. The second kappa shape index (κ2) is 8.40. The smallest absolute Gasteiger partial charge is 0.481 e. The van der Waals surface area contributed by atoms with Crippen LogP contribution in [0.4, 0.5) is 13.2 Å². The van der Waals surface area contributed by atoms with Crippen molar-refractivity contribution < 1.29 is 35.7 Å². The molecule has 2 heterocycles. The monoisotopic (exact) mass is 514 g/mol. The largest absolute Gasteiger partial charge is 0.534 e. The molecule has 1 aromatic heterocycles. The molecule has 0 aliphatic carbocycles. The Hall–Kier alpha value is -3.45. The zero-order valence-corrected chi connectivity index (χ0v) is 18.7. The Kier molecular flexibility index (Phi) is 5.85. The molecule has 0 saturated heterocycles. The van der Waals surface area contributed by atoms with E-state index < -0.39 is 39.8 Å². The first-order chi connectivity index (χ1) is 15.9. The molecule has 0 bridgehead atoms. The molecule has 4 rings (SSSR count). The molecule has 2 aromatic carbocycles. The molecule has 178 valence electrons. The van der Waals surface area contributed by atoms with Crippen molar-refractivity contribution in [1.82, 2.24) is 14.8 Å². The van der Waals surface area contributed by atoms with E-state index in [1.54, 1.807) is 31.2 Å². The second-order valence-corrected chi connectivity index (χ2v) is 9.18. The van der Waals surface area contributed by atoms with Gasteiger partial charge in [0.2, 0.25) is 0 Å². The summed E-state index contributed by atoms with van der Waals surface area (Å²) in [6, 6.07) is 8.72. The lowest BCUT2D eigenvalue weighted by molar-refractivity contribution is -0.137. The third-order valence-corrected chi connectivity index (χ3v) is 6.10. The van der Waals surface area contributed by atoms with Gasteiger partial charge in [0, 0.05) is 16.1 Å². The number of alkyl halides is 3. The van der Waals surface area contributed by atoms with Crippen molar-refractivity contribution in [2.75, 3.05) is 0 Å². The Morgan fingerprint density at radius 1 is 1.18 bits per heavy atom. The van der Waals surface area contributed by atoms with Gasteiger partial charge in [-0.2, -0.15) is 21.6 Å². The number of benzene rings is 2. The fourth-order valence-electron chi connectivity index (χ4n) is 3.44. The molecule has 14 heteroatoms. The van der Waals surface area contributed by atoms with Crippen LogP contribution in [0.15, 0.2) is 47.5 Å². The molecule has 34 heavy (non-hydrogen) atoms. The Bertz CT molecular complexity index is 1420. The van der Waals surface area contributed by atoms with Gasteiger partial charge in [0.05, 0.1) is 17.8 Å². The number of fused-ring (bicyclic) bond motifs is 3. The number of hydrogen-bond acceptors (Lipinski definition) is 7. The molecule has 0 saturated carbocycles. The summed E-state index contributed by atoms with van der Waals surface area (Å²) >= 11 is 5.96. The summed E-state index contributed by atoms with van der Waals surface area (Å²) in [5.74, 6) is -1.22. The topological polar surface area (TPSA) is 124 Å². The number of aryl methyl sites for hydroxylation is 1. The maximum Gasteiger partial charge on any atom is 0.534 e. The van der Waals surface area contributed by atoms with E-state index >= 15 is 0 Å². The van der Waals surface area contributed by atoms with Gasteiger partial charge in [-0.1, -0.05) is 23.7 Å². The van der Waals surface area contributed by atoms with Crippen molar-refractivity contribution in [3.8, 4) is 11.4 Å². The summed E-state index contributed by atoms with van der Waals surface area (Å²) in [4.78, 5) is 16.1. The Morgan fingerprint density at radius 3 is 2.47 bits per heavy atom. The van der Waals surface area contributed by atoms with Gasteiger partial charge in [0.1, 0.15) is 17.6 Å². The average molecular weight is 515 g/mol. The van der Waals surface area contributed by atoms with Crippen LogP contribution in [0.3, 0.4) is 0 Å². The molecular weight excluding hydrogens is 501 g/mol. The Morgan fingerprint density at radius 2 is 1.85 bits per heavy atom. The van der Waals surface area contributed by atoms with Crippen molar-refractivity contribution in [3.05, 3.63) is 70.3 Å². The Labute approximate surface area is 195 Å². The molecule has 1 aliphatic rings. The van der Waals surface area contributed by atoms with E-state index in [0.717, 1.165) is 12.1 Å². The van der Waals surface area contributed by atoms with Crippen LogP contribution in [-0.2, 0) is 14.9 Å². The van der Waals surface area contributed by atoms with Crippen LogP contribution in [0.25, 0.3) is 5.69 Å². The average Bonchev–Trinajstić information content (AvgIpc) is 3.05. The number of aromatic nitrogens is 3. The van der Waals surface area contributed by atoms with Gasteiger partial charge in [-0.3, -0.25) is 14.4 Å². The lowest BCUT2D eigenvalue weighted by atomic mass is 10.00. The number of rotatable bonds is 5. The molecule has 0 fully saturated rings. The third-order valence-electron chi connectivity index (χ3n) is 4.87. The molecule has 0 amide bonds. The van der Waals surface area contributed by atoms with Crippen molar-refractivity contribution in [2.45, 2.75) is 24.9 Å². The van der Waals surface area contributed by atoms with Crippen molar-refractivity contribution in [2.24, 2.45) is 4.99 Å². The molecule has 0 unspecified atom stereocenters. The summed E-state index contributed by atoms with van der Waals surface area (Å²) in [5.41, 5.74) is -4.48. The summed E-state index contributed by atoms with van der Waals surface area (Å²) < 4.78 is 67.5. The van der Waals surface area contributed by atoms with E-state index in [9.17, 15) is 31.5 Å². The predicted octanol–water partition coefficient (Wildman–Crippen LogP) is 3.82. The third kappa shape index (κ3) is 4.35. The maximum atomic E-state index is 12.9. The summed E-state index contributed by atoms with van der Waals surface area (Å²) in [5, 5.41) is 17.8. The highest BCUT2D eigenvalue weighted by Gasteiger charge is 2.48. The number of hydrogen-bond donors (Lipinski definition) is 1. The van der Waals surface area contributed by atoms with E-state index in [4.69, 9.17) is 11.6 Å². The highest BCUT2D eigenvalue weighted by molar-refractivity contribution is 7.88. The lowest BCUT2D eigenvalue weighted by Gasteiger charge is -2.15. The lowest BCUT2D eigenvalue weighted by Crippen LogP contribution is -2.28. The van der Waals surface area contributed by atoms with Gasteiger partial charge in [0.15, 0.2) is 5.82 Å². The standard InChI is InChI=1S/C20H14ClF3N4O5S/c1-10-26-27-19-15(9-17(29)30)25-18(11-2-4-12(21)5-3-11)14-8-13(6-7-16(14)28(10)19)33-34(31,32)20(22,23)24/h2-8,15H,9H2,1H3,(H,29,30)/t15-/m0/s1. The highest BCUT2D eigenvalue weighted by atomic mass is 35.5. The summed E-state index contributed by atoms with van der Waals surface area (Å²) in [6.07, 6.45) is -0.449. The summed E-state index contributed by atoms with van der Waals surface area (Å²) in [6.45, 7) is 1.60. The SMILES string of the molecule is Cc1nnc2n1-c1ccc(OS(=O)(=O)C(F)(F)F)cc1C(c1ccc(Cl)cc1)=N[C@H]2CC(=O)O.